The first-order chi connectivity index (χ1) is 6.20. The Morgan fingerprint density at radius 1 is 1.69 bits per heavy atom. The summed E-state index contributed by atoms with van der Waals surface area (Å²) in [6, 6.07) is 0. The summed E-state index contributed by atoms with van der Waals surface area (Å²) in [6.07, 6.45) is 1.14. The van der Waals surface area contributed by atoms with Crippen LogP contribution in [0.3, 0.4) is 0 Å². The average Bonchev–Trinajstić information content (AvgIpc) is 2.15. The predicted molar refractivity (Wildman–Crippen MR) is 56.1 cm³/mol. The number of carbonyl (C=O) groups excluding carboxylic acids is 1. The van der Waals surface area contributed by atoms with Crippen molar-refractivity contribution >= 4 is 22.8 Å². The molecule has 0 saturated heterocycles. The average molecular weight is 201 g/mol. The minimum atomic E-state index is 0.0777. The van der Waals surface area contributed by atoms with Crippen molar-refractivity contribution in [3.8, 4) is 0 Å². The lowest BCUT2D eigenvalue weighted by atomic mass is 10.5. The molecule has 0 fully saturated rings. The molecule has 0 radical (unpaired) electrons. The van der Waals surface area contributed by atoms with Crippen molar-refractivity contribution in [1.29, 1.82) is 0 Å². The van der Waals surface area contributed by atoms with Gasteiger partial charge in [0.1, 0.15) is 0 Å². The molecule has 1 heterocycles. The van der Waals surface area contributed by atoms with Crippen molar-refractivity contribution < 1.29 is 4.79 Å². The second kappa shape index (κ2) is 5.11. The van der Waals surface area contributed by atoms with E-state index in [9.17, 15) is 4.79 Å². The maximum Gasteiger partial charge on any atom is 0.241 e. The van der Waals surface area contributed by atoms with E-state index in [2.05, 4.69) is 10.3 Å². The Morgan fingerprint density at radius 2 is 2.46 bits per heavy atom. The van der Waals surface area contributed by atoms with Crippen LogP contribution in [0.2, 0.25) is 0 Å². The molecule has 13 heavy (non-hydrogen) atoms. The van der Waals surface area contributed by atoms with E-state index < -0.39 is 0 Å². The van der Waals surface area contributed by atoms with Crippen LogP contribution in [0.25, 0.3) is 0 Å². The SMILES string of the molecule is CN(C)C(=O)CNC1=NCCCS1. The third-order valence-corrected chi connectivity index (χ3v) is 2.73. The lowest BCUT2D eigenvalue weighted by Gasteiger charge is -2.15. The zero-order chi connectivity index (χ0) is 9.68. The topological polar surface area (TPSA) is 44.7 Å². The second-order valence-corrected chi connectivity index (χ2v) is 4.11. The first kappa shape index (κ1) is 10.4. The molecule has 0 atom stereocenters. The van der Waals surface area contributed by atoms with Gasteiger partial charge >= 0.3 is 0 Å². The molecule has 0 aliphatic carbocycles. The minimum absolute atomic E-state index is 0.0777. The third-order valence-electron chi connectivity index (χ3n) is 1.69. The number of nitrogens with zero attached hydrogens (tertiary/aromatic N) is 2. The molecular weight excluding hydrogens is 186 g/mol. The van der Waals surface area contributed by atoms with Gasteiger partial charge in [-0.1, -0.05) is 11.8 Å². The van der Waals surface area contributed by atoms with Crippen molar-refractivity contribution in [3.63, 3.8) is 0 Å². The number of hydrogen-bond acceptors (Lipinski definition) is 4. The van der Waals surface area contributed by atoms with Crippen LogP contribution in [0.4, 0.5) is 0 Å². The van der Waals surface area contributed by atoms with E-state index in [1.165, 1.54) is 0 Å². The first-order valence-electron chi connectivity index (χ1n) is 4.31. The number of rotatable bonds is 2. The van der Waals surface area contributed by atoms with Gasteiger partial charge in [-0.3, -0.25) is 9.79 Å². The first-order valence-corrected chi connectivity index (χ1v) is 5.30. The molecule has 0 saturated carbocycles. The zero-order valence-electron chi connectivity index (χ0n) is 8.04. The summed E-state index contributed by atoms with van der Waals surface area (Å²) in [5, 5.41) is 3.93. The number of amides is 1. The van der Waals surface area contributed by atoms with E-state index in [-0.39, 0.29) is 5.91 Å². The van der Waals surface area contributed by atoms with E-state index >= 15 is 0 Å². The second-order valence-electron chi connectivity index (χ2n) is 3.03. The molecule has 1 N–H and O–H groups in total. The van der Waals surface area contributed by atoms with Crippen LogP contribution in [-0.4, -0.2) is 48.9 Å². The molecule has 1 rings (SSSR count). The Balaban J connectivity index is 2.25. The Hall–Kier alpha value is -0.710. The Kier molecular flexibility index (Phi) is 4.08. The van der Waals surface area contributed by atoms with Gasteiger partial charge in [-0.2, -0.15) is 0 Å². The molecular formula is C8H15N3OS. The van der Waals surface area contributed by atoms with Gasteiger partial charge in [0, 0.05) is 26.4 Å². The minimum Gasteiger partial charge on any atom is -0.356 e. The van der Waals surface area contributed by atoms with Crippen molar-refractivity contribution in [2.24, 2.45) is 4.99 Å². The third kappa shape index (κ3) is 3.67. The maximum absolute atomic E-state index is 11.2. The summed E-state index contributed by atoms with van der Waals surface area (Å²) in [6.45, 7) is 1.23. The van der Waals surface area contributed by atoms with Crippen molar-refractivity contribution in [2.45, 2.75) is 6.42 Å². The molecule has 0 aromatic carbocycles. The summed E-state index contributed by atoms with van der Waals surface area (Å²) in [4.78, 5) is 17.0. The van der Waals surface area contributed by atoms with Crippen LogP contribution >= 0.6 is 11.8 Å². The van der Waals surface area contributed by atoms with Gasteiger partial charge in [0.25, 0.3) is 0 Å². The van der Waals surface area contributed by atoms with Crippen LogP contribution in [-0.2, 0) is 4.79 Å². The number of likely N-dealkylation sites (N-methyl/N-ethyl adjacent to an activating group) is 1. The molecule has 1 aliphatic heterocycles. The summed E-state index contributed by atoms with van der Waals surface area (Å²) in [5.41, 5.74) is 0. The molecule has 1 aliphatic rings. The fraction of sp³-hybridized carbons (Fsp3) is 0.750. The number of carbonyl (C=O) groups is 1. The smallest absolute Gasteiger partial charge is 0.241 e. The lowest BCUT2D eigenvalue weighted by Crippen LogP contribution is -2.35. The van der Waals surface area contributed by atoms with Crippen molar-refractivity contribution in [2.75, 3.05) is 32.9 Å². The highest BCUT2D eigenvalue weighted by molar-refractivity contribution is 8.13. The van der Waals surface area contributed by atoms with Gasteiger partial charge in [-0.05, 0) is 6.42 Å². The fourth-order valence-electron chi connectivity index (χ4n) is 0.876. The molecule has 74 valence electrons. The van der Waals surface area contributed by atoms with Crippen LogP contribution in [0.15, 0.2) is 4.99 Å². The quantitative estimate of drug-likeness (QED) is 0.692. The fourth-order valence-corrected chi connectivity index (χ4v) is 1.70. The van der Waals surface area contributed by atoms with Crippen LogP contribution in [0.1, 0.15) is 6.42 Å². The molecule has 5 heteroatoms. The van der Waals surface area contributed by atoms with Crippen molar-refractivity contribution in [1.82, 2.24) is 10.2 Å². The van der Waals surface area contributed by atoms with E-state index in [0.29, 0.717) is 6.54 Å². The van der Waals surface area contributed by atoms with E-state index in [1.807, 2.05) is 0 Å². The van der Waals surface area contributed by atoms with Crippen LogP contribution in [0, 0.1) is 0 Å². The summed E-state index contributed by atoms with van der Waals surface area (Å²) < 4.78 is 0. The van der Waals surface area contributed by atoms with E-state index in [0.717, 1.165) is 23.9 Å². The van der Waals surface area contributed by atoms with Gasteiger partial charge in [-0.15, -0.1) is 0 Å². The highest BCUT2D eigenvalue weighted by atomic mass is 32.2. The molecule has 4 nitrogen and oxygen atoms in total. The zero-order valence-corrected chi connectivity index (χ0v) is 8.86. The maximum atomic E-state index is 11.2. The van der Waals surface area contributed by atoms with E-state index in [4.69, 9.17) is 0 Å². The molecule has 0 aromatic heterocycles. The molecule has 0 aromatic rings. The molecule has 0 spiro atoms. The Morgan fingerprint density at radius 3 is 3.00 bits per heavy atom. The van der Waals surface area contributed by atoms with Gasteiger partial charge in [-0.25, -0.2) is 0 Å². The summed E-state index contributed by atoms with van der Waals surface area (Å²) in [5.74, 6) is 1.18. The summed E-state index contributed by atoms with van der Waals surface area (Å²) >= 11 is 1.69. The highest BCUT2D eigenvalue weighted by Crippen LogP contribution is 2.09. The summed E-state index contributed by atoms with van der Waals surface area (Å²) in [7, 11) is 3.50. The van der Waals surface area contributed by atoms with Gasteiger partial charge in [0.05, 0.1) is 6.54 Å². The van der Waals surface area contributed by atoms with Crippen molar-refractivity contribution in [3.05, 3.63) is 0 Å². The highest BCUT2D eigenvalue weighted by Gasteiger charge is 2.08. The number of nitrogens with one attached hydrogen (secondary N) is 1. The number of aliphatic imine (C=N–C) groups is 1. The number of amidine groups is 1. The van der Waals surface area contributed by atoms with Gasteiger partial charge < -0.3 is 10.2 Å². The predicted octanol–water partition coefficient (Wildman–Crippen LogP) is 0.157. The monoisotopic (exact) mass is 201 g/mol. The van der Waals surface area contributed by atoms with E-state index in [1.54, 1.807) is 30.8 Å². The Bertz CT molecular complexity index is 215. The van der Waals surface area contributed by atoms with Crippen LogP contribution in [0.5, 0.6) is 0 Å². The number of thioether (sulfide) groups is 1. The molecule has 1 amide bonds. The molecule has 0 bridgehead atoms. The van der Waals surface area contributed by atoms with Crippen LogP contribution < -0.4 is 5.32 Å². The standard InChI is InChI=1S/C8H15N3OS/c1-11(2)7(12)6-10-8-9-4-3-5-13-8/h3-6H2,1-2H3,(H,9,10). The molecule has 0 unspecified atom stereocenters. The Labute approximate surface area is 82.8 Å². The largest absolute Gasteiger partial charge is 0.356 e. The normalized spacial score (nSPS) is 16.3. The number of hydrogen-bond donors (Lipinski definition) is 1. The lowest BCUT2D eigenvalue weighted by molar-refractivity contribution is -0.127. The van der Waals surface area contributed by atoms with Gasteiger partial charge in [0.2, 0.25) is 5.91 Å². The van der Waals surface area contributed by atoms with Gasteiger partial charge in [0.15, 0.2) is 5.17 Å².